The number of hydrogen-bond acceptors (Lipinski definition) is 6. The second-order valence-electron chi connectivity index (χ2n) is 10.6. The van der Waals surface area contributed by atoms with Crippen molar-refractivity contribution in [3.05, 3.63) is 112 Å². The van der Waals surface area contributed by atoms with E-state index < -0.39 is 35.3 Å². The van der Waals surface area contributed by atoms with Crippen molar-refractivity contribution in [3.8, 4) is 0 Å². The van der Waals surface area contributed by atoms with Crippen LogP contribution in [0.25, 0.3) is 23.1 Å². The van der Waals surface area contributed by atoms with Gasteiger partial charge in [-0.3, -0.25) is 9.59 Å². The molecule has 0 radical (unpaired) electrons. The molecule has 1 aromatic heterocycles. The number of nitrogens with zero attached hydrogens (tertiary/aromatic N) is 1. The molecule has 0 aliphatic carbocycles. The molecule has 0 spiro atoms. The molecule has 0 bridgehead atoms. The highest BCUT2D eigenvalue weighted by molar-refractivity contribution is 6.31. The minimum Gasteiger partial charge on any atom is -0.460 e. The molecule has 4 aromatic rings. The van der Waals surface area contributed by atoms with Gasteiger partial charge in [-0.15, -0.1) is 0 Å². The van der Waals surface area contributed by atoms with E-state index in [1.54, 1.807) is 75.4 Å². The van der Waals surface area contributed by atoms with Gasteiger partial charge in [0, 0.05) is 16.0 Å². The van der Waals surface area contributed by atoms with Gasteiger partial charge in [-0.2, -0.15) is 0 Å². The molecule has 0 aliphatic rings. The molecule has 6 nitrogen and oxygen atoms in total. The number of pyridine rings is 1. The third-order valence-electron chi connectivity index (χ3n) is 6.12. The quantitative estimate of drug-likeness (QED) is 0.128. The number of ketones is 1. The van der Waals surface area contributed by atoms with Gasteiger partial charge in [0.2, 0.25) is 0 Å². The number of halogens is 1. The molecule has 0 saturated heterocycles. The summed E-state index contributed by atoms with van der Waals surface area (Å²) >= 11 is 6.11. The number of esters is 2. The van der Waals surface area contributed by atoms with Crippen molar-refractivity contribution in [2.75, 3.05) is 6.61 Å². The van der Waals surface area contributed by atoms with E-state index in [0.29, 0.717) is 10.6 Å². The Morgan fingerprint density at radius 1 is 0.825 bits per heavy atom. The molecule has 0 amide bonds. The zero-order chi connectivity index (χ0) is 28.9. The fourth-order valence-electron chi connectivity index (χ4n) is 3.96. The van der Waals surface area contributed by atoms with Crippen molar-refractivity contribution in [2.45, 2.75) is 33.3 Å². The van der Waals surface area contributed by atoms with Gasteiger partial charge in [0.15, 0.2) is 11.2 Å². The lowest BCUT2D eigenvalue weighted by Crippen LogP contribution is -2.45. The molecule has 0 N–H and O–H groups in total. The van der Waals surface area contributed by atoms with E-state index in [9.17, 15) is 14.4 Å². The molecule has 7 heteroatoms. The normalized spacial score (nSPS) is 13.1. The fourth-order valence-corrected chi connectivity index (χ4v) is 4.12. The molecule has 1 unspecified atom stereocenters. The number of Topliss-reactive ketones (excluding diaryl/α,β-unsaturated/α-hetero) is 1. The average molecular weight is 556 g/mol. The molecule has 3 aromatic carbocycles. The van der Waals surface area contributed by atoms with Crippen molar-refractivity contribution in [3.63, 3.8) is 0 Å². The predicted octanol–water partition coefficient (Wildman–Crippen LogP) is 7.45. The van der Waals surface area contributed by atoms with Crippen LogP contribution in [0.5, 0.6) is 0 Å². The molecule has 1 heterocycles. The number of fused-ring (bicyclic) bond motifs is 1. The number of ether oxygens (including phenoxy) is 2. The van der Waals surface area contributed by atoms with Gasteiger partial charge in [0.05, 0.1) is 16.8 Å². The maximum absolute atomic E-state index is 13.8. The third-order valence-corrected chi connectivity index (χ3v) is 6.36. The summed E-state index contributed by atoms with van der Waals surface area (Å²) in [6, 6.07) is 24.6. The van der Waals surface area contributed by atoms with E-state index in [2.05, 4.69) is 4.98 Å². The third kappa shape index (κ3) is 7.01. The minimum atomic E-state index is -1.76. The number of aromatic nitrogens is 1. The summed E-state index contributed by atoms with van der Waals surface area (Å²) in [7, 11) is 0. The Kier molecular flexibility index (Phi) is 8.50. The van der Waals surface area contributed by atoms with Crippen molar-refractivity contribution in [1.29, 1.82) is 0 Å². The Balaban J connectivity index is 1.59. The highest BCUT2D eigenvalue weighted by Crippen LogP contribution is 2.29. The number of carbonyl (C=O) groups is 3. The van der Waals surface area contributed by atoms with E-state index in [0.717, 1.165) is 22.2 Å². The number of carbonyl (C=O) groups excluding carboxylic acids is 3. The Hall–Kier alpha value is -4.29. The fraction of sp³-hybridized carbons (Fsp3) is 0.212. The summed E-state index contributed by atoms with van der Waals surface area (Å²) in [4.78, 5) is 44.4. The van der Waals surface area contributed by atoms with Crippen LogP contribution >= 0.6 is 11.6 Å². The number of hydrogen-bond donors (Lipinski definition) is 0. The lowest BCUT2D eigenvalue weighted by atomic mass is 9.82. The van der Waals surface area contributed by atoms with E-state index in [1.807, 2.05) is 42.5 Å². The summed E-state index contributed by atoms with van der Waals surface area (Å²) in [5.74, 6) is -1.92. The molecule has 4 rings (SSSR count). The maximum atomic E-state index is 13.8. The Bertz CT molecular complexity index is 1590. The predicted molar refractivity (Wildman–Crippen MR) is 157 cm³/mol. The van der Waals surface area contributed by atoms with Crippen LogP contribution in [-0.2, 0) is 14.3 Å². The number of benzene rings is 3. The Labute approximate surface area is 238 Å². The van der Waals surface area contributed by atoms with Gasteiger partial charge in [-0.25, -0.2) is 9.78 Å². The second kappa shape index (κ2) is 11.8. The molecular formula is C33H30ClNO5. The Morgan fingerprint density at radius 3 is 2.25 bits per heavy atom. The maximum Gasteiger partial charge on any atom is 0.338 e. The first-order valence-electron chi connectivity index (χ1n) is 12.8. The van der Waals surface area contributed by atoms with Crippen molar-refractivity contribution in [2.24, 2.45) is 5.41 Å². The zero-order valence-corrected chi connectivity index (χ0v) is 23.6. The monoisotopic (exact) mass is 555 g/mol. The van der Waals surface area contributed by atoms with Gasteiger partial charge in [-0.05, 0) is 75.7 Å². The topological polar surface area (TPSA) is 82.6 Å². The van der Waals surface area contributed by atoms with E-state index in [-0.39, 0.29) is 5.56 Å². The van der Waals surface area contributed by atoms with E-state index >= 15 is 0 Å². The highest BCUT2D eigenvalue weighted by atomic mass is 35.5. The van der Waals surface area contributed by atoms with Crippen LogP contribution < -0.4 is 0 Å². The average Bonchev–Trinajstić information content (AvgIpc) is 2.93. The SMILES string of the molecule is CC(C)(C)OC(=O)C(C)(COC(=O)c1ccccc1)C(=O)c1cccc(/C=C/c2ccc3ccc(Cl)cc3n2)c1. The molecule has 40 heavy (non-hydrogen) atoms. The molecule has 0 fully saturated rings. The van der Waals surface area contributed by atoms with Crippen LogP contribution in [0.4, 0.5) is 0 Å². The van der Waals surface area contributed by atoms with Gasteiger partial charge in [0.25, 0.3) is 0 Å². The van der Waals surface area contributed by atoms with Crippen LogP contribution in [0.3, 0.4) is 0 Å². The zero-order valence-electron chi connectivity index (χ0n) is 22.8. The second-order valence-corrected chi connectivity index (χ2v) is 11.1. The van der Waals surface area contributed by atoms with E-state index in [4.69, 9.17) is 21.1 Å². The van der Waals surface area contributed by atoms with Crippen molar-refractivity contribution >= 4 is 52.4 Å². The first-order valence-corrected chi connectivity index (χ1v) is 13.2. The summed E-state index contributed by atoms with van der Waals surface area (Å²) in [6.45, 7) is 6.11. The summed E-state index contributed by atoms with van der Waals surface area (Å²) < 4.78 is 11.0. The van der Waals surface area contributed by atoms with Gasteiger partial charge < -0.3 is 9.47 Å². The first kappa shape index (κ1) is 28.7. The van der Waals surface area contributed by atoms with Crippen molar-refractivity contribution in [1.82, 2.24) is 4.98 Å². The first-order chi connectivity index (χ1) is 18.9. The highest BCUT2D eigenvalue weighted by Gasteiger charge is 2.46. The molecule has 0 saturated carbocycles. The van der Waals surface area contributed by atoms with Gasteiger partial charge >= 0.3 is 11.9 Å². The number of rotatable bonds is 8. The summed E-state index contributed by atoms with van der Waals surface area (Å²) in [5.41, 5.74) is 0.215. The Morgan fingerprint density at radius 2 is 1.52 bits per heavy atom. The molecule has 204 valence electrons. The van der Waals surface area contributed by atoms with Gasteiger partial charge in [0.1, 0.15) is 12.2 Å². The van der Waals surface area contributed by atoms with Crippen LogP contribution in [0, 0.1) is 5.41 Å². The summed E-state index contributed by atoms with van der Waals surface area (Å²) in [6.07, 6.45) is 3.66. The van der Waals surface area contributed by atoms with Crippen LogP contribution in [-0.4, -0.2) is 34.9 Å². The smallest absolute Gasteiger partial charge is 0.338 e. The molecule has 1 atom stereocenters. The van der Waals surface area contributed by atoms with Gasteiger partial charge in [-0.1, -0.05) is 66.2 Å². The molecular weight excluding hydrogens is 526 g/mol. The largest absolute Gasteiger partial charge is 0.460 e. The van der Waals surface area contributed by atoms with Crippen LogP contribution in [0.2, 0.25) is 5.02 Å². The summed E-state index contributed by atoms with van der Waals surface area (Å²) in [5, 5.41) is 1.58. The van der Waals surface area contributed by atoms with Crippen LogP contribution in [0.1, 0.15) is 59.7 Å². The molecule has 0 aliphatic heterocycles. The van der Waals surface area contributed by atoms with E-state index in [1.165, 1.54) is 6.92 Å². The minimum absolute atomic E-state index is 0.282. The lowest BCUT2D eigenvalue weighted by molar-refractivity contribution is -0.165. The van der Waals surface area contributed by atoms with Crippen LogP contribution in [0.15, 0.2) is 84.9 Å². The lowest BCUT2D eigenvalue weighted by Gasteiger charge is -2.30. The standard InChI is InChI=1S/C33H30ClNO5/c1-32(2,3)40-31(38)33(4,21-39-30(37)24-10-6-5-7-11-24)29(36)25-12-8-9-22(19-25)13-17-27-18-15-23-14-16-26(34)20-28(23)35-27/h5-20H,21H2,1-4H3/b17-13+. The van der Waals surface area contributed by atoms with Crippen molar-refractivity contribution < 1.29 is 23.9 Å².